The van der Waals surface area contributed by atoms with E-state index in [0.29, 0.717) is 12.1 Å². The summed E-state index contributed by atoms with van der Waals surface area (Å²) in [6.07, 6.45) is -0.278. The molecule has 1 fully saturated rings. The molecule has 13 heavy (non-hydrogen) atoms. The molecule has 1 atom stereocenters. The second kappa shape index (κ2) is 3.98. The fourth-order valence-corrected chi connectivity index (χ4v) is 1.17. The number of halogens is 2. The summed E-state index contributed by atoms with van der Waals surface area (Å²) in [7, 11) is 0. The van der Waals surface area contributed by atoms with Crippen LogP contribution in [0.3, 0.4) is 0 Å². The average Bonchev–Trinajstić information content (AvgIpc) is 2.03. The van der Waals surface area contributed by atoms with Crippen molar-refractivity contribution in [2.24, 2.45) is 0 Å². The number of ether oxygens (including phenoxy) is 1. The summed E-state index contributed by atoms with van der Waals surface area (Å²) < 4.78 is 30.0. The van der Waals surface area contributed by atoms with Gasteiger partial charge in [-0.2, -0.15) is 8.78 Å². The summed E-state index contributed by atoms with van der Waals surface area (Å²) in [5, 5.41) is 2.59. The molecule has 1 aliphatic heterocycles. The molecule has 1 rings (SSSR count). The van der Waals surface area contributed by atoms with Gasteiger partial charge in [0, 0.05) is 6.54 Å². The van der Waals surface area contributed by atoms with Crippen molar-refractivity contribution in [1.82, 2.24) is 5.32 Å². The summed E-state index contributed by atoms with van der Waals surface area (Å²) in [6.45, 7) is 5.42. The molecular formula is C9H13F2NO. The van der Waals surface area contributed by atoms with Gasteiger partial charge in [0.1, 0.15) is 6.10 Å². The first-order valence-corrected chi connectivity index (χ1v) is 4.13. The molecule has 1 aliphatic rings. The molecule has 0 aromatic heterocycles. The molecule has 1 N–H and O–H groups in total. The Bertz CT molecular complexity index is 226. The molecule has 2 nitrogen and oxygen atoms in total. The van der Waals surface area contributed by atoms with E-state index in [2.05, 4.69) is 16.6 Å². The summed E-state index contributed by atoms with van der Waals surface area (Å²) in [4.78, 5) is 0. The van der Waals surface area contributed by atoms with Gasteiger partial charge >= 0.3 is 6.11 Å². The summed E-state index contributed by atoms with van der Waals surface area (Å²) in [5.41, 5.74) is 0.564. The molecule has 0 saturated carbocycles. The zero-order chi connectivity index (χ0) is 9.90. The van der Waals surface area contributed by atoms with Crippen LogP contribution in [0.4, 0.5) is 8.78 Å². The highest BCUT2D eigenvalue weighted by molar-refractivity contribution is 5.20. The van der Waals surface area contributed by atoms with Crippen molar-refractivity contribution >= 4 is 0 Å². The Morgan fingerprint density at radius 3 is 2.92 bits per heavy atom. The lowest BCUT2D eigenvalue weighted by molar-refractivity contribution is -0.265. The van der Waals surface area contributed by atoms with E-state index in [0.717, 1.165) is 0 Å². The number of allylic oxidation sites excluding steroid dienone is 1. The van der Waals surface area contributed by atoms with E-state index in [1.807, 2.05) is 0 Å². The van der Waals surface area contributed by atoms with E-state index in [4.69, 9.17) is 0 Å². The lowest BCUT2D eigenvalue weighted by Gasteiger charge is -2.30. The van der Waals surface area contributed by atoms with Crippen LogP contribution in [-0.2, 0) is 4.74 Å². The standard InChI is InChI=1S/C9H13F2NO/c1-3-4-7(2)8-5-12-6-9(10,11)13-8/h3-4,8,12H,2,5-6H2,1H3/b4-3-. The first kappa shape index (κ1) is 10.3. The molecule has 0 radical (unpaired) electrons. The first-order chi connectivity index (χ1) is 6.05. The third kappa shape index (κ3) is 2.90. The Morgan fingerprint density at radius 2 is 2.38 bits per heavy atom. The average molecular weight is 189 g/mol. The minimum absolute atomic E-state index is 0.388. The van der Waals surface area contributed by atoms with Crippen LogP contribution in [0, 0.1) is 0 Å². The molecule has 0 amide bonds. The highest BCUT2D eigenvalue weighted by Gasteiger charge is 2.37. The van der Waals surface area contributed by atoms with Gasteiger partial charge < -0.3 is 10.1 Å². The van der Waals surface area contributed by atoms with Crippen LogP contribution < -0.4 is 5.32 Å². The van der Waals surface area contributed by atoms with E-state index < -0.39 is 18.8 Å². The smallest absolute Gasteiger partial charge is 0.310 e. The fourth-order valence-electron chi connectivity index (χ4n) is 1.17. The topological polar surface area (TPSA) is 21.3 Å². The van der Waals surface area contributed by atoms with Crippen LogP contribution in [0.15, 0.2) is 24.3 Å². The summed E-state index contributed by atoms with van der Waals surface area (Å²) in [5.74, 6) is 0. The van der Waals surface area contributed by atoms with Crippen molar-refractivity contribution in [1.29, 1.82) is 0 Å². The normalized spacial score (nSPS) is 27.8. The van der Waals surface area contributed by atoms with E-state index in [9.17, 15) is 8.78 Å². The molecule has 0 bridgehead atoms. The Balaban J connectivity index is 2.56. The maximum absolute atomic E-state index is 12.7. The van der Waals surface area contributed by atoms with Crippen LogP contribution in [-0.4, -0.2) is 25.3 Å². The van der Waals surface area contributed by atoms with Crippen LogP contribution in [0.5, 0.6) is 0 Å². The van der Waals surface area contributed by atoms with Crippen LogP contribution in [0.1, 0.15) is 6.92 Å². The number of morpholine rings is 1. The van der Waals surface area contributed by atoms with Crippen molar-refractivity contribution in [3.8, 4) is 0 Å². The first-order valence-electron chi connectivity index (χ1n) is 4.13. The third-order valence-corrected chi connectivity index (χ3v) is 1.77. The van der Waals surface area contributed by atoms with E-state index in [1.54, 1.807) is 19.1 Å². The molecule has 0 spiro atoms. The maximum Gasteiger partial charge on any atom is 0.368 e. The molecule has 1 saturated heterocycles. The predicted molar refractivity (Wildman–Crippen MR) is 46.6 cm³/mol. The predicted octanol–water partition coefficient (Wildman–Crippen LogP) is 1.70. The van der Waals surface area contributed by atoms with Crippen LogP contribution in [0.25, 0.3) is 0 Å². The third-order valence-electron chi connectivity index (χ3n) is 1.77. The van der Waals surface area contributed by atoms with Gasteiger partial charge in [0.15, 0.2) is 0 Å². The maximum atomic E-state index is 12.7. The van der Waals surface area contributed by atoms with E-state index in [1.165, 1.54) is 0 Å². The van der Waals surface area contributed by atoms with Crippen molar-refractivity contribution in [2.75, 3.05) is 13.1 Å². The Kier molecular flexibility index (Phi) is 3.17. The zero-order valence-electron chi connectivity index (χ0n) is 7.52. The fraction of sp³-hybridized carbons (Fsp3) is 0.556. The number of hydrogen-bond acceptors (Lipinski definition) is 2. The largest absolute Gasteiger partial charge is 0.368 e. The number of rotatable bonds is 2. The molecular weight excluding hydrogens is 176 g/mol. The number of hydrogen-bond donors (Lipinski definition) is 1. The highest BCUT2D eigenvalue weighted by atomic mass is 19.3. The van der Waals surface area contributed by atoms with Gasteiger partial charge in [-0.1, -0.05) is 18.7 Å². The zero-order valence-corrected chi connectivity index (χ0v) is 7.52. The van der Waals surface area contributed by atoms with E-state index >= 15 is 0 Å². The van der Waals surface area contributed by atoms with Crippen molar-refractivity contribution in [3.63, 3.8) is 0 Å². The quantitative estimate of drug-likeness (QED) is 0.667. The molecule has 0 aromatic rings. The van der Waals surface area contributed by atoms with Gasteiger partial charge in [0.25, 0.3) is 0 Å². The second-order valence-electron chi connectivity index (χ2n) is 2.95. The van der Waals surface area contributed by atoms with Crippen molar-refractivity contribution in [2.45, 2.75) is 19.1 Å². The van der Waals surface area contributed by atoms with Gasteiger partial charge in [0.05, 0.1) is 6.54 Å². The summed E-state index contributed by atoms with van der Waals surface area (Å²) in [6, 6.07) is 0. The molecule has 4 heteroatoms. The van der Waals surface area contributed by atoms with Gasteiger partial charge in [-0.3, -0.25) is 0 Å². The van der Waals surface area contributed by atoms with Gasteiger partial charge in [-0.25, -0.2) is 0 Å². The molecule has 0 aliphatic carbocycles. The Hall–Kier alpha value is -0.740. The lowest BCUT2D eigenvalue weighted by atomic mass is 10.1. The van der Waals surface area contributed by atoms with Gasteiger partial charge in [-0.15, -0.1) is 0 Å². The number of nitrogens with one attached hydrogen (secondary N) is 1. The van der Waals surface area contributed by atoms with Crippen molar-refractivity contribution < 1.29 is 13.5 Å². The molecule has 1 unspecified atom stereocenters. The minimum atomic E-state index is -3.08. The highest BCUT2D eigenvalue weighted by Crippen LogP contribution is 2.23. The summed E-state index contributed by atoms with van der Waals surface area (Å²) >= 11 is 0. The Labute approximate surface area is 76.3 Å². The second-order valence-corrected chi connectivity index (χ2v) is 2.95. The number of alkyl halides is 2. The van der Waals surface area contributed by atoms with Gasteiger partial charge in [0.2, 0.25) is 0 Å². The van der Waals surface area contributed by atoms with Crippen molar-refractivity contribution in [3.05, 3.63) is 24.3 Å². The minimum Gasteiger partial charge on any atom is -0.310 e. The molecule has 1 heterocycles. The lowest BCUT2D eigenvalue weighted by Crippen LogP contribution is -2.49. The van der Waals surface area contributed by atoms with E-state index in [-0.39, 0.29) is 0 Å². The SMILES string of the molecule is C=C(/C=C\C)C1CNCC(F)(F)O1. The molecule has 0 aromatic carbocycles. The Morgan fingerprint density at radius 1 is 1.69 bits per heavy atom. The van der Waals surface area contributed by atoms with Crippen LogP contribution in [0.2, 0.25) is 0 Å². The monoisotopic (exact) mass is 189 g/mol. The van der Waals surface area contributed by atoms with Crippen LogP contribution >= 0.6 is 0 Å². The van der Waals surface area contributed by atoms with Gasteiger partial charge in [-0.05, 0) is 12.5 Å². The molecule has 74 valence electrons.